The molecule has 1 aromatic rings. The summed E-state index contributed by atoms with van der Waals surface area (Å²) in [6, 6.07) is 3.18. The van der Waals surface area contributed by atoms with Crippen molar-refractivity contribution in [2.45, 2.75) is 13.0 Å². The maximum absolute atomic E-state index is 9.48. The zero-order valence-corrected chi connectivity index (χ0v) is 8.04. The van der Waals surface area contributed by atoms with Gasteiger partial charge < -0.3 is 14.6 Å². The second-order valence-corrected chi connectivity index (χ2v) is 3.13. The summed E-state index contributed by atoms with van der Waals surface area (Å²) < 4.78 is 10.3. The van der Waals surface area contributed by atoms with Crippen LogP contribution in [0.1, 0.15) is 18.6 Å². The fourth-order valence-corrected chi connectivity index (χ4v) is 1.42. The van der Waals surface area contributed by atoms with Crippen molar-refractivity contribution in [2.24, 2.45) is 5.11 Å². The first-order valence-electron chi connectivity index (χ1n) is 4.39. The first kappa shape index (κ1) is 9.64. The van der Waals surface area contributed by atoms with Gasteiger partial charge >= 0.3 is 0 Å². The van der Waals surface area contributed by atoms with Gasteiger partial charge in [0, 0.05) is 10.6 Å². The van der Waals surface area contributed by atoms with Crippen molar-refractivity contribution < 1.29 is 14.6 Å². The van der Waals surface area contributed by atoms with E-state index >= 15 is 0 Å². The number of rotatable bonds is 2. The molecule has 78 valence electrons. The number of benzene rings is 1. The Kier molecular flexibility index (Phi) is 2.37. The maximum atomic E-state index is 9.48. The Labute approximate surface area is 85.7 Å². The lowest BCUT2D eigenvalue weighted by atomic mass is 10.1. The van der Waals surface area contributed by atoms with E-state index in [0.717, 1.165) is 0 Å². The van der Waals surface area contributed by atoms with E-state index in [9.17, 15) is 5.11 Å². The molecule has 0 bridgehead atoms. The van der Waals surface area contributed by atoms with E-state index in [1.165, 1.54) is 0 Å². The molecule has 0 aromatic heterocycles. The molecule has 0 saturated heterocycles. The summed E-state index contributed by atoms with van der Waals surface area (Å²) in [5.74, 6) is 1.09. The molecule has 15 heavy (non-hydrogen) atoms. The van der Waals surface area contributed by atoms with E-state index in [-0.39, 0.29) is 6.79 Å². The smallest absolute Gasteiger partial charge is 0.231 e. The van der Waals surface area contributed by atoms with Crippen LogP contribution in [0.15, 0.2) is 17.2 Å². The second-order valence-electron chi connectivity index (χ2n) is 3.13. The molecule has 0 spiro atoms. The molecule has 6 heteroatoms. The number of hydrogen-bond donors (Lipinski definition) is 1. The fraction of sp³-hybridized carbons (Fsp3) is 0.333. The van der Waals surface area contributed by atoms with Crippen LogP contribution in [0.25, 0.3) is 10.4 Å². The summed E-state index contributed by atoms with van der Waals surface area (Å²) in [6.07, 6.45) is -0.722. The van der Waals surface area contributed by atoms with Gasteiger partial charge in [0.05, 0.1) is 6.10 Å². The number of fused-ring (bicyclic) bond motifs is 1. The van der Waals surface area contributed by atoms with Gasteiger partial charge in [-0.15, -0.1) is 0 Å². The zero-order chi connectivity index (χ0) is 10.8. The lowest BCUT2D eigenvalue weighted by Crippen LogP contribution is -1.93. The minimum Gasteiger partial charge on any atom is -0.454 e. The van der Waals surface area contributed by atoms with Crippen LogP contribution >= 0.6 is 0 Å². The minimum absolute atomic E-state index is 0.147. The molecule has 6 nitrogen and oxygen atoms in total. The average molecular weight is 207 g/mol. The highest BCUT2D eigenvalue weighted by atomic mass is 16.7. The fourth-order valence-electron chi connectivity index (χ4n) is 1.42. The van der Waals surface area contributed by atoms with Crippen LogP contribution in [0.4, 0.5) is 5.69 Å². The van der Waals surface area contributed by atoms with Gasteiger partial charge in [-0.3, -0.25) is 0 Å². The molecular formula is C9H9N3O3. The molecule has 1 N–H and O–H groups in total. The predicted molar refractivity (Wildman–Crippen MR) is 52.0 cm³/mol. The van der Waals surface area contributed by atoms with Crippen LogP contribution < -0.4 is 9.47 Å². The van der Waals surface area contributed by atoms with Crippen molar-refractivity contribution in [3.63, 3.8) is 0 Å². The number of nitrogens with zero attached hydrogens (tertiary/aromatic N) is 3. The van der Waals surface area contributed by atoms with Gasteiger partial charge in [0.2, 0.25) is 6.79 Å². The Balaban J connectivity index is 2.56. The predicted octanol–water partition coefficient (Wildman–Crippen LogP) is 2.41. The number of hydrogen-bond acceptors (Lipinski definition) is 4. The molecule has 0 amide bonds. The summed E-state index contributed by atoms with van der Waals surface area (Å²) in [5.41, 5.74) is 9.26. The number of azide groups is 1. The summed E-state index contributed by atoms with van der Waals surface area (Å²) in [4.78, 5) is 2.69. The number of aliphatic hydroxyl groups is 1. The molecule has 0 saturated carbocycles. The molecule has 2 rings (SSSR count). The Hall–Kier alpha value is -1.91. The molecule has 1 atom stereocenters. The lowest BCUT2D eigenvalue weighted by Gasteiger charge is -2.09. The van der Waals surface area contributed by atoms with Gasteiger partial charge in [-0.25, -0.2) is 0 Å². The van der Waals surface area contributed by atoms with E-state index in [4.69, 9.17) is 15.0 Å². The van der Waals surface area contributed by atoms with Gasteiger partial charge in [-0.05, 0) is 30.2 Å². The Morgan fingerprint density at radius 2 is 2.13 bits per heavy atom. The third kappa shape index (κ3) is 1.68. The van der Waals surface area contributed by atoms with Crippen LogP contribution in [-0.4, -0.2) is 11.9 Å². The topological polar surface area (TPSA) is 87.5 Å². The highest BCUT2D eigenvalue weighted by Crippen LogP contribution is 2.40. The molecule has 0 aliphatic carbocycles. The molecule has 1 heterocycles. The minimum atomic E-state index is -0.722. The van der Waals surface area contributed by atoms with Crippen LogP contribution in [0.2, 0.25) is 0 Å². The molecule has 1 unspecified atom stereocenters. The third-order valence-electron chi connectivity index (χ3n) is 2.12. The molecule has 1 aromatic carbocycles. The maximum Gasteiger partial charge on any atom is 0.231 e. The van der Waals surface area contributed by atoms with Gasteiger partial charge in [0.25, 0.3) is 0 Å². The lowest BCUT2D eigenvalue weighted by molar-refractivity contribution is 0.173. The Bertz CT molecular complexity index is 438. The number of aliphatic hydroxyl groups excluding tert-OH is 1. The summed E-state index contributed by atoms with van der Waals surface area (Å²) >= 11 is 0. The van der Waals surface area contributed by atoms with Crippen molar-refractivity contribution in [2.75, 3.05) is 6.79 Å². The molecule has 1 aliphatic rings. The zero-order valence-electron chi connectivity index (χ0n) is 8.04. The Morgan fingerprint density at radius 1 is 1.47 bits per heavy atom. The van der Waals surface area contributed by atoms with E-state index in [1.54, 1.807) is 19.1 Å². The van der Waals surface area contributed by atoms with E-state index in [2.05, 4.69) is 10.0 Å². The van der Waals surface area contributed by atoms with Gasteiger partial charge in [-0.2, -0.15) is 0 Å². The van der Waals surface area contributed by atoms with Crippen molar-refractivity contribution >= 4 is 5.69 Å². The normalized spacial score (nSPS) is 14.5. The van der Waals surface area contributed by atoms with Crippen molar-refractivity contribution in [1.29, 1.82) is 0 Å². The van der Waals surface area contributed by atoms with Crippen LogP contribution in [-0.2, 0) is 0 Å². The third-order valence-corrected chi connectivity index (χ3v) is 2.12. The van der Waals surface area contributed by atoms with E-state index in [0.29, 0.717) is 22.7 Å². The van der Waals surface area contributed by atoms with E-state index < -0.39 is 6.10 Å². The van der Waals surface area contributed by atoms with Gasteiger partial charge in [0.15, 0.2) is 11.5 Å². The highest BCUT2D eigenvalue weighted by molar-refractivity contribution is 5.58. The van der Waals surface area contributed by atoms with Crippen molar-refractivity contribution in [3.8, 4) is 11.5 Å². The van der Waals surface area contributed by atoms with Crippen LogP contribution in [0, 0.1) is 0 Å². The first-order valence-corrected chi connectivity index (χ1v) is 4.39. The standard InChI is InChI=1S/C9H9N3O3/c1-5(13)6-2-8-9(15-4-14-8)3-7(6)11-12-10/h2-3,5,13H,4H2,1H3. The monoisotopic (exact) mass is 207 g/mol. The summed E-state index contributed by atoms with van der Waals surface area (Å²) in [7, 11) is 0. The quantitative estimate of drug-likeness (QED) is 0.458. The molecule has 0 fully saturated rings. The average Bonchev–Trinajstić information content (AvgIpc) is 2.63. The van der Waals surface area contributed by atoms with Crippen molar-refractivity contribution in [1.82, 2.24) is 0 Å². The first-order chi connectivity index (χ1) is 7.22. The highest BCUT2D eigenvalue weighted by Gasteiger charge is 2.18. The molecule has 1 aliphatic heterocycles. The largest absolute Gasteiger partial charge is 0.454 e. The second kappa shape index (κ2) is 3.68. The van der Waals surface area contributed by atoms with Gasteiger partial charge in [-0.1, -0.05) is 5.11 Å². The summed E-state index contributed by atoms with van der Waals surface area (Å²) in [6.45, 7) is 1.74. The van der Waals surface area contributed by atoms with Crippen LogP contribution in [0.5, 0.6) is 11.5 Å². The van der Waals surface area contributed by atoms with Crippen LogP contribution in [0.3, 0.4) is 0 Å². The van der Waals surface area contributed by atoms with Gasteiger partial charge in [0.1, 0.15) is 0 Å². The molecule has 0 radical (unpaired) electrons. The SMILES string of the molecule is CC(O)c1cc2c(cc1N=[N+]=[N-])OCO2. The molecular weight excluding hydrogens is 198 g/mol. The van der Waals surface area contributed by atoms with E-state index in [1.807, 2.05) is 0 Å². The van der Waals surface area contributed by atoms with Crippen molar-refractivity contribution in [3.05, 3.63) is 28.1 Å². The number of ether oxygens (including phenoxy) is 2. The Morgan fingerprint density at radius 3 is 2.73 bits per heavy atom. The summed E-state index contributed by atoms with van der Waals surface area (Å²) in [5, 5.41) is 13.0.